The minimum Gasteiger partial charge on any atom is -0.382 e. The highest BCUT2D eigenvalue weighted by molar-refractivity contribution is 6.35. The van der Waals surface area contributed by atoms with Gasteiger partial charge >= 0.3 is 0 Å². The van der Waals surface area contributed by atoms with Crippen LogP contribution in [0.25, 0.3) is 5.57 Å². The Morgan fingerprint density at radius 2 is 1.76 bits per heavy atom. The molecule has 0 spiro atoms. The molecular weight excluding hydrogens is 364 g/mol. The third-order valence-corrected chi connectivity index (χ3v) is 5.85. The molecule has 2 unspecified atom stereocenters. The fraction of sp³-hybridized carbons (Fsp3) is 0.583. The van der Waals surface area contributed by atoms with Gasteiger partial charge in [-0.25, -0.2) is 0 Å². The third-order valence-electron chi connectivity index (χ3n) is 5.85. The van der Waals surface area contributed by atoms with Crippen LogP contribution in [0, 0.1) is 25.7 Å². The Labute approximate surface area is 174 Å². The lowest BCUT2D eigenvalue weighted by molar-refractivity contribution is -0.137. The topological polar surface area (TPSA) is 49.9 Å². The Hall–Kier alpha value is -2.14. The molecule has 0 N–H and O–H groups in total. The Morgan fingerprint density at radius 3 is 2.38 bits per heavy atom. The first kappa shape index (κ1) is 21.6. The second kappa shape index (κ2) is 9.12. The molecule has 158 valence electrons. The van der Waals surface area contributed by atoms with Crippen molar-refractivity contribution in [2.24, 2.45) is 11.8 Å². The van der Waals surface area contributed by atoms with Crippen LogP contribution in [0.3, 0.4) is 0 Å². The first-order valence-electron chi connectivity index (χ1n) is 10.8. The Balaban J connectivity index is 1.99. The number of ether oxygens (including phenoxy) is 1. The number of piperidine rings is 1. The maximum atomic E-state index is 13.4. The predicted octanol–water partition coefficient (Wildman–Crippen LogP) is 3.79. The number of carbonyl (C=O) groups is 2. The van der Waals surface area contributed by atoms with E-state index >= 15 is 0 Å². The van der Waals surface area contributed by atoms with Crippen LogP contribution in [0.5, 0.6) is 0 Å². The maximum absolute atomic E-state index is 13.4. The smallest absolute Gasteiger partial charge is 0.277 e. The molecule has 0 aromatic heterocycles. The molecule has 2 aliphatic rings. The van der Waals surface area contributed by atoms with Crippen molar-refractivity contribution in [3.05, 3.63) is 40.6 Å². The summed E-state index contributed by atoms with van der Waals surface area (Å²) in [5.41, 5.74) is 4.23. The summed E-state index contributed by atoms with van der Waals surface area (Å²) in [5.74, 6) is 0.685. The second-order valence-corrected chi connectivity index (χ2v) is 8.71. The quantitative estimate of drug-likeness (QED) is 0.518. The number of rotatable bonds is 7. The zero-order chi connectivity index (χ0) is 21.1. The fourth-order valence-corrected chi connectivity index (χ4v) is 4.71. The standard InChI is InChI=1S/C24H34N2O3/c1-6-29-11-7-10-26-23(27)21(20-9-8-16(2)13-19(20)5)22(24(26)28)25-14-17(3)12-18(4)15-25/h8-9,13,17-18H,6-7,10-12,14-15H2,1-5H3. The lowest BCUT2D eigenvalue weighted by Crippen LogP contribution is -2.42. The number of aryl methyl sites for hydroxylation is 2. The van der Waals surface area contributed by atoms with Crippen molar-refractivity contribution in [3.63, 3.8) is 0 Å². The molecule has 1 aromatic carbocycles. The van der Waals surface area contributed by atoms with E-state index in [-0.39, 0.29) is 11.8 Å². The zero-order valence-electron chi connectivity index (χ0n) is 18.5. The molecule has 0 aliphatic carbocycles. The van der Waals surface area contributed by atoms with E-state index in [1.54, 1.807) is 0 Å². The van der Waals surface area contributed by atoms with Gasteiger partial charge in [0.25, 0.3) is 11.8 Å². The van der Waals surface area contributed by atoms with E-state index < -0.39 is 0 Å². The van der Waals surface area contributed by atoms with E-state index in [1.165, 1.54) is 4.90 Å². The second-order valence-electron chi connectivity index (χ2n) is 8.71. The number of likely N-dealkylation sites (tertiary alicyclic amines) is 1. The molecule has 29 heavy (non-hydrogen) atoms. The van der Waals surface area contributed by atoms with Crippen LogP contribution >= 0.6 is 0 Å². The summed E-state index contributed by atoms with van der Waals surface area (Å²) in [6.45, 7) is 13.7. The van der Waals surface area contributed by atoms with Gasteiger partial charge in [-0.05, 0) is 56.6 Å². The highest BCUT2D eigenvalue weighted by Gasteiger charge is 2.42. The van der Waals surface area contributed by atoms with Gasteiger partial charge in [0.15, 0.2) is 0 Å². The number of carbonyl (C=O) groups excluding carboxylic acids is 2. The lowest BCUT2D eigenvalue weighted by atomic mass is 9.90. The van der Waals surface area contributed by atoms with Gasteiger partial charge in [-0.3, -0.25) is 14.5 Å². The summed E-state index contributed by atoms with van der Waals surface area (Å²) in [4.78, 5) is 30.4. The van der Waals surface area contributed by atoms with Crippen molar-refractivity contribution in [3.8, 4) is 0 Å². The third kappa shape index (κ3) is 4.55. The number of benzene rings is 1. The van der Waals surface area contributed by atoms with Crippen molar-refractivity contribution in [2.75, 3.05) is 32.8 Å². The van der Waals surface area contributed by atoms with E-state index in [9.17, 15) is 9.59 Å². The molecule has 0 bridgehead atoms. The van der Waals surface area contributed by atoms with Crippen LogP contribution in [0.4, 0.5) is 0 Å². The summed E-state index contributed by atoms with van der Waals surface area (Å²) in [6.07, 6.45) is 1.81. The van der Waals surface area contributed by atoms with Crippen molar-refractivity contribution in [2.45, 2.75) is 47.5 Å². The Kier molecular flexibility index (Phi) is 6.78. The fourth-order valence-electron chi connectivity index (χ4n) is 4.71. The summed E-state index contributed by atoms with van der Waals surface area (Å²) in [7, 11) is 0. The van der Waals surface area contributed by atoms with Crippen LogP contribution in [0.1, 0.15) is 50.3 Å². The molecule has 1 fully saturated rings. The molecule has 2 amide bonds. The summed E-state index contributed by atoms with van der Waals surface area (Å²) in [5, 5.41) is 0. The van der Waals surface area contributed by atoms with E-state index in [1.807, 2.05) is 32.9 Å². The molecule has 3 rings (SSSR count). The van der Waals surface area contributed by atoms with Gasteiger partial charge in [-0.2, -0.15) is 0 Å². The van der Waals surface area contributed by atoms with Crippen LogP contribution in [-0.4, -0.2) is 54.5 Å². The highest BCUT2D eigenvalue weighted by Crippen LogP contribution is 2.36. The number of imide groups is 1. The van der Waals surface area contributed by atoms with Gasteiger partial charge in [-0.15, -0.1) is 0 Å². The van der Waals surface area contributed by atoms with Crippen molar-refractivity contribution in [1.29, 1.82) is 0 Å². The molecule has 2 heterocycles. The molecule has 2 atom stereocenters. The van der Waals surface area contributed by atoms with Crippen molar-refractivity contribution >= 4 is 17.4 Å². The van der Waals surface area contributed by atoms with E-state index in [2.05, 4.69) is 24.8 Å². The molecule has 5 heteroatoms. The van der Waals surface area contributed by atoms with Gasteiger partial charge in [0.1, 0.15) is 5.70 Å². The number of amides is 2. The van der Waals surface area contributed by atoms with E-state index in [0.717, 1.165) is 36.2 Å². The highest BCUT2D eigenvalue weighted by atomic mass is 16.5. The summed E-state index contributed by atoms with van der Waals surface area (Å²) >= 11 is 0. The maximum Gasteiger partial charge on any atom is 0.277 e. The molecule has 0 saturated carbocycles. The van der Waals surface area contributed by atoms with Crippen LogP contribution < -0.4 is 0 Å². The summed E-state index contributed by atoms with van der Waals surface area (Å²) in [6, 6.07) is 6.09. The van der Waals surface area contributed by atoms with Crippen LogP contribution in [0.2, 0.25) is 0 Å². The SMILES string of the molecule is CCOCCCN1C(=O)C(c2ccc(C)cc2C)=C(N2CC(C)CC(C)C2)C1=O. The monoisotopic (exact) mass is 398 g/mol. The van der Waals surface area contributed by atoms with Gasteiger partial charge in [0.2, 0.25) is 0 Å². The molecule has 5 nitrogen and oxygen atoms in total. The zero-order valence-corrected chi connectivity index (χ0v) is 18.5. The van der Waals surface area contributed by atoms with E-state index in [4.69, 9.17) is 4.74 Å². The summed E-state index contributed by atoms with van der Waals surface area (Å²) < 4.78 is 5.41. The van der Waals surface area contributed by atoms with Gasteiger partial charge in [0.05, 0.1) is 5.57 Å². The minimum absolute atomic E-state index is 0.150. The minimum atomic E-state index is -0.167. The lowest BCUT2D eigenvalue weighted by Gasteiger charge is -2.37. The Morgan fingerprint density at radius 1 is 1.07 bits per heavy atom. The Bertz CT molecular complexity index is 804. The van der Waals surface area contributed by atoms with Crippen molar-refractivity contribution < 1.29 is 14.3 Å². The molecular formula is C24H34N2O3. The van der Waals surface area contributed by atoms with Gasteiger partial charge in [-0.1, -0.05) is 37.6 Å². The molecule has 2 aliphatic heterocycles. The largest absolute Gasteiger partial charge is 0.382 e. The number of hydrogen-bond acceptors (Lipinski definition) is 4. The van der Waals surface area contributed by atoms with E-state index in [0.29, 0.717) is 49.3 Å². The van der Waals surface area contributed by atoms with Crippen LogP contribution in [0.15, 0.2) is 23.9 Å². The molecule has 1 saturated heterocycles. The predicted molar refractivity (Wildman–Crippen MR) is 115 cm³/mol. The van der Waals surface area contributed by atoms with Gasteiger partial charge in [0, 0.05) is 32.8 Å². The average Bonchev–Trinajstić information content (AvgIpc) is 2.89. The normalized spacial score (nSPS) is 22.8. The van der Waals surface area contributed by atoms with Crippen LogP contribution in [-0.2, 0) is 14.3 Å². The molecule has 0 radical (unpaired) electrons. The first-order valence-corrected chi connectivity index (χ1v) is 10.8. The number of nitrogens with zero attached hydrogens (tertiary/aromatic N) is 2. The van der Waals surface area contributed by atoms with Gasteiger partial charge < -0.3 is 9.64 Å². The molecule has 1 aromatic rings. The number of hydrogen-bond donors (Lipinski definition) is 0. The van der Waals surface area contributed by atoms with Crippen molar-refractivity contribution in [1.82, 2.24) is 9.80 Å². The first-order chi connectivity index (χ1) is 13.8. The average molecular weight is 399 g/mol.